The molecular weight excluding hydrogens is 406 g/mol. The summed E-state index contributed by atoms with van der Waals surface area (Å²) in [4.78, 5) is 0. The first-order chi connectivity index (χ1) is 15.6. The SMILES string of the molecule is CCCCCCCOc1ccc(CCc2ccc(-c3ccc(OC(F)F)cc3)cc2)cc1. The van der Waals surface area contributed by atoms with E-state index in [1.807, 2.05) is 0 Å². The minimum absolute atomic E-state index is 0.170. The van der Waals surface area contributed by atoms with Crippen LogP contribution in [0.25, 0.3) is 11.1 Å². The fraction of sp³-hybridized carbons (Fsp3) is 0.357. The topological polar surface area (TPSA) is 18.5 Å². The zero-order valence-electron chi connectivity index (χ0n) is 18.7. The highest BCUT2D eigenvalue weighted by Gasteiger charge is 2.05. The van der Waals surface area contributed by atoms with Crippen molar-refractivity contribution in [3.05, 3.63) is 83.9 Å². The number of aryl methyl sites for hydroxylation is 2. The molecule has 0 amide bonds. The molecule has 0 aliphatic heterocycles. The molecule has 170 valence electrons. The molecule has 0 atom stereocenters. The zero-order valence-corrected chi connectivity index (χ0v) is 18.7. The number of alkyl halides is 2. The third kappa shape index (κ3) is 7.99. The second-order valence-corrected chi connectivity index (χ2v) is 8.01. The number of ether oxygens (including phenoxy) is 2. The molecule has 2 nitrogen and oxygen atoms in total. The van der Waals surface area contributed by atoms with Crippen molar-refractivity contribution in [1.82, 2.24) is 0 Å². The van der Waals surface area contributed by atoms with Gasteiger partial charge >= 0.3 is 6.61 Å². The van der Waals surface area contributed by atoms with E-state index in [1.54, 1.807) is 24.3 Å². The summed E-state index contributed by atoms with van der Waals surface area (Å²) >= 11 is 0. The number of benzene rings is 3. The first kappa shape index (κ1) is 23.8. The first-order valence-electron chi connectivity index (χ1n) is 11.5. The van der Waals surface area contributed by atoms with E-state index in [4.69, 9.17) is 4.74 Å². The molecular formula is C28H32F2O2. The van der Waals surface area contributed by atoms with Gasteiger partial charge in [-0.3, -0.25) is 0 Å². The molecule has 0 bridgehead atoms. The van der Waals surface area contributed by atoms with E-state index in [-0.39, 0.29) is 5.75 Å². The summed E-state index contributed by atoms with van der Waals surface area (Å²) < 4.78 is 34.8. The van der Waals surface area contributed by atoms with Gasteiger partial charge in [0.1, 0.15) is 11.5 Å². The highest BCUT2D eigenvalue weighted by Crippen LogP contribution is 2.24. The molecule has 0 saturated heterocycles. The molecule has 32 heavy (non-hydrogen) atoms. The third-order valence-corrected chi connectivity index (χ3v) is 5.51. The van der Waals surface area contributed by atoms with Crippen molar-refractivity contribution >= 4 is 0 Å². The Morgan fingerprint density at radius 1 is 0.625 bits per heavy atom. The van der Waals surface area contributed by atoms with E-state index in [9.17, 15) is 8.78 Å². The normalized spacial score (nSPS) is 11.0. The maximum absolute atomic E-state index is 12.3. The van der Waals surface area contributed by atoms with Crippen LogP contribution < -0.4 is 9.47 Å². The lowest BCUT2D eigenvalue weighted by Gasteiger charge is -2.08. The van der Waals surface area contributed by atoms with Crippen molar-refractivity contribution in [3.8, 4) is 22.6 Å². The van der Waals surface area contributed by atoms with Crippen LogP contribution in [0.4, 0.5) is 8.78 Å². The molecule has 0 aliphatic rings. The van der Waals surface area contributed by atoms with E-state index in [0.29, 0.717) is 0 Å². The Labute approximate surface area is 190 Å². The Balaban J connectivity index is 1.44. The molecule has 4 heteroatoms. The van der Waals surface area contributed by atoms with Crippen LogP contribution >= 0.6 is 0 Å². The minimum atomic E-state index is -2.80. The maximum Gasteiger partial charge on any atom is 0.387 e. The number of halogens is 2. The Morgan fingerprint density at radius 3 is 1.69 bits per heavy atom. The van der Waals surface area contributed by atoms with Gasteiger partial charge in [-0.2, -0.15) is 8.78 Å². The Bertz CT molecular complexity index is 904. The number of rotatable bonds is 13. The molecule has 3 rings (SSSR count). The Kier molecular flexibility index (Phi) is 9.55. The van der Waals surface area contributed by atoms with Crippen LogP contribution in [0.1, 0.15) is 50.2 Å². The lowest BCUT2D eigenvalue weighted by molar-refractivity contribution is -0.0498. The quantitative estimate of drug-likeness (QED) is 0.251. The summed E-state index contributed by atoms with van der Waals surface area (Å²) in [6, 6.07) is 23.5. The summed E-state index contributed by atoms with van der Waals surface area (Å²) in [5.41, 5.74) is 4.57. The van der Waals surface area contributed by atoms with Crippen LogP contribution in [0, 0.1) is 0 Å². The van der Waals surface area contributed by atoms with Gasteiger partial charge in [-0.15, -0.1) is 0 Å². The standard InChI is InChI=1S/C28H32F2O2/c1-2-3-4-5-6-21-31-26-17-11-23(12-18-26)8-7-22-9-13-24(14-10-22)25-15-19-27(20-16-25)32-28(29)30/h9-20,28H,2-8,21H2,1H3. The smallest absolute Gasteiger partial charge is 0.387 e. The highest BCUT2D eigenvalue weighted by molar-refractivity contribution is 5.64. The van der Waals surface area contributed by atoms with E-state index in [1.165, 1.54) is 36.8 Å². The molecule has 0 fully saturated rings. The fourth-order valence-electron chi connectivity index (χ4n) is 3.63. The van der Waals surface area contributed by atoms with Gasteiger partial charge < -0.3 is 9.47 Å². The molecule has 0 spiro atoms. The monoisotopic (exact) mass is 438 g/mol. The number of hydrogen-bond acceptors (Lipinski definition) is 2. The third-order valence-electron chi connectivity index (χ3n) is 5.51. The summed E-state index contributed by atoms with van der Waals surface area (Å²) in [6.07, 6.45) is 8.15. The van der Waals surface area contributed by atoms with Crippen LogP contribution in [0.2, 0.25) is 0 Å². The van der Waals surface area contributed by atoms with Gasteiger partial charge in [0.2, 0.25) is 0 Å². The maximum atomic E-state index is 12.3. The molecule has 3 aromatic rings. The van der Waals surface area contributed by atoms with Gasteiger partial charge in [0, 0.05) is 0 Å². The molecule has 0 unspecified atom stereocenters. The van der Waals surface area contributed by atoms with Crippen molar-refractivity contribution in [2.45, 2.75) is 58.5 Å². The van der Waals surface area contributed by atoms with E-state index >= 15 is 0 Å². The van der Waals surface area contributed by atoms with Crippen molar-refractivity contribution in [2.75, 3.05) is 6.61 Å². The lowest BCUT2D eigenvalue weighted by atomic mass is 10.0. The van der Waals surface area contributed by atoms with E-state index < -0.39 is 6.61 Å². The van der Waals surface area contributed by atoms with Gasteiger partial charge in [-0.25, -0.2) is 0 Å². The largest absolute Gasteiger partial charge is 0.494 e. The van der Waals surface area contributed by atoms with Gasteiger partial charge in [0.15, 0.2) is 0 Å². The summed E-state index contributed by atoms with van der Waals surface area (Å²) in [5.74, 6) is 1.11. The fourth-order valence-corrected chi connectivity index (χ4v) is 3.63. The predicted molar refractivity (Wildman–Crippen MR) is 127 cm³/mol. The average Bonchev–Trinajstić information content (AvgIpc) is 2.81. The lowest BCUT2D eigenvalue weighted by Crippen LogP contribution is -2.01. The van der Waals surface area contributed by atoms with Crippen LogP contribution in [-0.2, 0) is 12.8 Å². The second kappa shape index (κ2) is 12.8. The van der Waals surface area contributed by atoms with Crippen LogP contribution in [0.15, 0.2) is 72.8 Å². The van der Waals surface area contributed by atoms with Crippen LogP contribution in [0.5, 0.6) is 11.5 Å². The predicted octanol–water partition coefficient (Wildman–Crippen LogP) is 8.09. The summed E-state index contributed by atoms with van der Waals surface area (Å²) in [7, 11) is 0. The first-order valence-corrected chi connectivity index (χ1v) is 11.5. The zero-order chi connectivity index (χ0) is 22.6. The molecule has 3 aromatic carbocycles. The van der Waals surface area contributed by atoms with Crippen molar-refractivity contribution in [1.29, 1.82) is 0 Å². The average molecular weight is 439 g/mol. The van der Waals surface area contributed by atoms with E-state index in [2.05, 4.69) is 60.2 Å². The minimum Gasteiger partial charge on any atom is -0.494 e. The molecule has 0 heterocycles. The molecule has 0 aliphatic carbocycles. The number of unbranched alkanes of at least 4 members (excludes halogenated alkanes) is 4. The molecule has 0 radical (unpaired) electrons. The van der Waals surface area contributed by atoms with Crippen molar-refractivity contribution in [2.24, 2.45) is 0 Å². The van der Waals surface area contributed by atoms with Gasteiger partial charge in [0.25, 0.3) is 0 Å². The molecule has 0 saturated carbocycles. The molecule has 0 aromatic heterocycles. The van der Waals surface area contributed by atoms with Gasteiger partial charge in [-0.1, -0.05) is 81.1 Å². The highest BCUT2D eigenvalue weighted by atomic mass is 19.3. The molecule has 0 N–H and O–H groups in total. The van der Waals surface area contributed by atoms with Gasteiger partial charge in [-0.05, 0) is 65.8 Å². The Morgan fingerprint density at radius 2 is 1.12 bits per heavy atom. The summed E-state index contributed by atoms with van der Waals surface area (Å²) in [6.45, 7) is 0.215. The van der Waals surface area contributed by atoms with Crippen LogP contribution in [0.3, 0.4) is 0 Å². The van der Waals surface area contributed by atoms with Crippen molar-refractivity contribution < 1.29 is 18.3 Å². The van der Waals surface area contributed by atoms with E-state index in [0.717, 1.165) is 42.7 Å². The van der Waals surface area contributed by atoms with Gasteiger partial charge in [0.05, 0.1) is 6.61 Å². The number of hydrogen-bond donors (Lipinski definition) is 0. The Hall–Kier alpha value is -2.88. The van der Waals surface area contributed by atoms with Crippen molar-refractivity contribution in [3.63, 3.8) is 0 Å². The van der Waals surface area contributed by atoms with Crippen LogP contribution in [-0.4, -0.2) is 13.2 Å². The second-order valence-electron chi connectivity index (χ2n) is 8.01. The summed E-state index contributed by atoms with van der Waals surface area (Å²) in [5, 5.41) is 0.